The lowest BCUT2D eigenvalue weighted by Gasteiger charge is -2.33. The summed E-state index contributed by atoms with van der Waals surface area (Å²) in [6.07, 6.45) is 4.37. The molecule has 0 amide bonds. The van der Waals surface area contributed by atoms with E-state index in [0.29, 0.717) is 5.56 Å². The number of ether oxygens (including phenoxy) is 1. The number of hydrogen-bond donors (Lipinski definition) is 0. The van der Waals surface area contributed by atoms with Crippen molar-refractivity contribution in [3.63, 3.8) is 0 Å². The monoisotopic (exact) mass is 509 g/mol. The second kappa shape index (κ2) is 10.6. The summed E-state index contributed by atoms with van der Waals surface area (Å²) in [5.74, 6) is 1.57. The molecule has 0 radical (unpaired) electrons. The average molecular weight is 510 g/mol. The number of unbranched alkanes of at least 4 members (excludes halogenated alkanes) is 1. The third-order valence-electron chi connectivity index (χ3n) is 7.49. The molecular formula is C36H31NO2. The van der Waals surface area contributed by atoms with E-state index in [1.807, 2.05) is 30.3 Å². The summed E-state index contributed by atoms with van der Waals surface area (Å²) in [5, 5.41) is 0. The molecule has 0 atom stereocenters. The Hall–Kier alpha value is -4.63. The Morgan fingerprint density at radius 1 is 0.718 bits per heavy atom. The van der Waals surface area contributed by atoms with Gasteiger partial charge in [-0.25, -0.2) is 0 Å². The van der Waals surface area contributed by atoms with Gasteiger partial charge in [-0.05, 0) is 89.5 Å². The SMILES string of the molecule is CCCCc1ccc(N2c3ccc(-c4ccccc4C)cc3Oc3cc(-c4ccccc4C=O)ccc32)cc1. The summed E-state index contributed by atoms with van der Waals surface area (Å²) in [6.45, 7) is 4.36. The number of nitrogens with zero attached hydrogens (tertiary/aromatic N) is 1. The minimum Gasteiger partial charge on any atom is -0.453 e. The molecule has 0 saturated carbocycles. The van der Waals surface area contributed by atoms with Gasteiger partial charge in [0.25, 0.3) is 0 Å². The summed E-state index contributed by atoms with van der Waals surface area (Å²) in [5.41, 5.74) is 10.5. The highest BCUT2D eigenvalue weighted by Crippen LogP contribution is 2.52. The van der Waals surface area contributed by atoms with Crippen LogP contribution in [0, 0.1) is 6.92 Å². The van der Waals surface area contributed by atoms with Crippen LogP contribution in [-0.4, -0.2) is 6.29 Å². The highest BCUT2D eigenvalue weighted by Gasteiger charge is 2.27. The van der Waals surface area contributed by atoms with Gasteiger partial charge in [-0.1, -0.05) is 86.1 Å². The van der Waals surface area contributed by atoms with E-state index in [1.54, 1.807) is 0 Å². The van der Waals surface area contributed by atoms with Crippen molar-refractivity contribution >= 4 is 23.3 Å². The van der Waals surface area contributed by atoms with E-state index in [-0.39, 0.29) is 0 Å². The number of aldehydes is 1. The second-order valence-electron chi connectivity index (χ2n) is 10.1. The van der Waals surface area contributed by atoms with Crippen molar-refractivity contribution in [2.45, 2.75) is 33.1 Å². The van der Waals surface area contributed by atoms with Crippen molar-refractivity contribution in [2.75, 3.05) is 4.90 Å². The summed E-state index contributed by atoms with van der Waals surface area (Å²) in [7, 11) is 0. The van der Waals surface area contributed by atoms with Crippen molar-refractivity contribution in [3.05, 3.63) is 126 Å². The van der Waals surface area contributed by atoms with Crippen LogP contribution in [0.4, 0.5) is 17.1 Å². The van der Waals surface area contributed by atoms with Crippen LogP contribution < -0.4 is 9.64 Å². The lowest BCUT2D eigenvalue weighted by Crippen LogP contribution is -2.16. The average Bonchev–Trinajstić information content (AvgIpc) is 2.99. The van der Waals surface area contributed by atoms with Crippen LogP contribution in [0.25, 0.3) is 22.3 Å². The number of anilines is 3. The van der Waals surface area contributed by atoms with Gasteiger partial charge in [0.05, 0.1) is 11.4 Å². The highest BCUT2D eigenvalue weighted by atomic mass is 16.5. The van der Waals surface area contributed by atoms with E-state index < -0.39 is 0 Å². The van der Waals surface area contributed by atoms with Gasteiger partial charge in [0.1, 0.15) is 0 Å². The quantitative estimate of drug-likeness (QED) is 0.201. The molecule has 5 aromatic carbocycles. The van der Waals surface area contributed by atoms with Gasteiger partial charge in [-0.3, -0.25) is 4.79 Å². The third kappa shape index (κ3) is 4.72. The van der Waals surface area contributed by atoms with Crippen molar-refractivity contribution < 1.29 is 9.53 Å². The molecule has 192 valence electrons. The van der Waals surface area contributed by atoms with Gasteiger partial charge < -0.3 is 9.64 Å². The zero-order valence-corrected chi connectivity index (χ0v) is 22.4. The Balaban J connectivity index is 1.48. The van der Waals surface area contributed by atoms with Crippen molar-refractivity contribution in [2.24, 2.45) is 0 Å². The van der Waals surface area contributed by atoms with E-state index in [4.69, 9.17) is 4.74 Å². The molecule has 3 nitrogen and oxygen atoms in total. The number of fused-ring (bicyclic) bond motifs is 2. The topological polar surface area (TPSA) is 29.5 Å². The number of carbonyl (C=O) groups excluding carboxylic acids is 1. The minimum atomic E-state index is 0.662. The first-order valence-electron chi connectivity index (χ1n) is 13.6. The molecule has 0 spiro atoms. The van der Waals surface area contributed by atoms with Crippen LogP contribution in [0.5, 0.6) is 11.5 Å². The van der Waals surface area contributed by atoms with Crippen molar-refractivity contribution in [1.82, 2.24) is 0 Å². The molecule has 39 heavy (non-hydrogen) atoms. The molecular weight excluding hydrogens is 478 g/mol. The number of benzene rings is 5. The van der Waals surface area contributed by atoms with E-state index in [9.17, 15) is 4.79 Å². The fraction of sp³-hybridized carbons (Fsp3) is 0.139. The standard InChI is InChI=1S/C36H31NO2/c1-3-4-10-26-14-18-30(19-15-26)37-33-20-16-27(31-12-7-5-9-25(31)2)22-35(33)39-36-23-28(17-21-34(36)37)32-13-8-6-11-29(32)24-38/h5-9,11-24H,3-4,10H2,1-2H3. The van der Waals surface area contributed by atoms with Gasteiger partial charge >= 0.3 is 0 Å². The van der Waals surface area contributed by atoms with Crippen LogP contribution >= 0.6 is 0 Å². The molecule has 6 rings (SSSR count). The second-order valence-corrected chi connectivity index (χ2v) is 10.1. The maximum atomic E-state index is 11.7. The Kier molecular flexibility index (Phi) is 6.73. The minimum absolute atomic E-state index is 0.662. The van der Waals surface area contributed by atoms with Crippen molar-refractivity contribution in [3.8, 4) is 33.8 Å². The first-order valence-corrected chi connectivity index (χ1v) is 13.6. The number of carbonyl (C=O) groups is 1. The van der Waals surface area contributed by atoms with E-state index in [1.165, 1.54) is 29.5 Å². The van der Waals surface area contributed by atoms with Gasteiger partial charge in [0.2, 0.25) is 0 Å². The van der Waals surface area contributed by atoms with Crippen LogP contribution in [0.3, 0.4) is 0 Å². The predicted molar refractivity (Wildman–Crippen MR) is 161 cm³/mol. The van der Waals surface area contributed by atoms with E-state index in [0.717, 1.165) is 58.0 Å². The molecule has 0 unspecified atom stereocenters. The lowest BCUT2D eigenvalue weighted by molar-refractivity contribution is 0.112. The van der Waals surface area contributed by atoms with Crippen LogP contribution in [0.1, 0.15) is 41.3 Å². The number of aryl methyl sites for hydroxylation is 2. The van der Waals surface area contributed by atoms with Crippen LogP contribution in [0.2, 0.25) is 0 Å². The molecule has 1 heterocycles. The lowest BCUT2D eigenvalue weighted by atomic mass is 9.97. The van der Waals surface area contributed by atoms with E-state index in [2.05, 4.69) is 97.6 Å². The molecule has 5 aromatic rings. The normalized spacial score (nSPS) is 11.9. The molecule has 0 fully saturated rings. The van der Waals surface area contributed by atoms with Crippen LogP contribution in [0.15, 0.2) is 109 Å². The Bertz CT molecular complexity index is 1650. The first-order chi connectivity index (χ1) is 19.2. The van der Waals surface area contributed by atoms with Gasteiger partial charge in [-0.2, -0.15) is 0 Å². The smallest absolute Gasteiger partial charge is 0.152 e. The molecule has 0 aliphatic carbocycles. The molecule has 1 aliphatic rings. The number of hydrogen-bond acceptors (Lipinski definition) is 3. The van der Waals surface area contributed by atoms with Gasteiger partial charge in [0.15, 0.2) is 17.8 Å². The van der Waals surface area contributed by atoms with Crippen molar-refractivity contribution in [1.29, 1.82) is 0 Å². The van der Waals surface area contributed by atoms with E-state index >= 15 is 0 Å². The Morgan fingerprint density at radius 2 is 1.33 bits per heavy atom. The van der Waals surface area contributed by atoms with Gasteiger partial charge in [-0.15, -0.1) is 0 Å². The summed E-state index contributed by atoms with van der Waals surface area (Å²) in [6, 6.07) is 37.6. The zero-order valence-electron chi connectivity index (χ0n) is 22.4. The largest absolute Gasteiger partial charge is 0.453 e. The fourth-order valence-corrected chi connectivity index (χ4v) is 5.37. The molecule has 0 bridgehead atoms. The molecule has 0 N–H and O–H groups in total. The summed E-state index contributed by atoms with van der Waals surface area (Å²) < 4.78 is 6.61. The highest BCUT2D eigenvalue weighted by molar-refractivity contribution is 5.92. The van der Waals surface area contributed by atoms with Crippen LogP contribution in [-0.2, 0) is 6.42 Å². The Morgan fingerprint density at radius 3 is 1.97 bits per heavy atom. The Labute approximate surface area is 230 Å². The number of rotatable bonds is 7. The molecule has 1 aliphatic heterocycles. The molecule has 3 heteroatoms. The van der Waals surface area contributed by atoms with Gasteiger partial charge in [0, 0.05) is 11.3 Å². The summed E-state index contributed by atoms with van der Waals surface area (Å²) in [4.78, 5) is 14.0. The fourth-order valence-electron chi connectivity index (χ4n) is 5.37. The predicted octanol–water partition coefficient (Wildman–Crippen LogP) is 10.1. The summed E-state index contributed by atoms with van der Waals surface area (Å²) >= 11 is 0. The first kappa shape index (κ1) is 24.7. The maximum absolute atomic E-state index is 11.7. The third-order valence-corrected chi connectivity index (χ3v) is 7.49. The maximum Gasteiger partial charge on any atom is 0.152 e. The molecule has 0 aromatic heterocycles. The molecule has 0 saturated heterocycles. The zero-order chi connectivity index (χ0) is 26.8.